The van der Waals surface area contributed by atoms with Gasteiger partial charge in [-0.3, -0.25) is 18.7 Å². The molecule has 12 heteroatoms. The molecule has 2 atom stereocenters. The molecule has 10 nitrogen and oxygen atoms in total. The molecule has 0 aliphatic carbocycles. The molecule has 0 amide bonds. The highest BCUT2D eigenvalue weighted by atomic mass is 31.2. The van der Waals surface area contributed by atoms with Gasteiger partial charge in [0.1, 0.15) is 0 Å². The number of carboxylic acid groups (broad SMARTS) is 2. The van der Waals surface area contributed by atoms with Crippen molar-refractivity contribution in [3.63, 3.8) is 0 Å². The van der Waals surface area contributed by atoms with Gasteiger partial charge in [0.25, 0.3) is 0 Å². The Bertz CT molecular complexity index is 731. The molecule has 0 aliphatic rings. The Balaban J connectivity index is 3.69. The average Bonchev–Trinajstić information content (AvgIpc) is 2.37. The fourth-order valence-electron chi connectivity index (χ4n) is 2.20. The number of carboxylic acids is 2. The van der Waals surface area contributed by atoms with Crippen LogP contribution in [0.1, 0.15) is 17.5 Å². The maximum Gasteiger partial charge on any atom is 0.347 e. The van der Waals surface area contributed by atoms with Crippen LogP contribution in [0.3, 0.4) is 0 Å². The van der Waals surface area contributed by atoms with Crippen molar-refractivity contribution in [2.24, 2.45) is 0 Å². The topological polar surface area (TPSA) is 190 Å². The summed E-state index contributed by atoms with van der Waals surface area (Å²) in [6.07, 6.45) is -1.48. The molecular formula is C12H16O10P2. The van der Waals surface area contributed by atoms with E-state index in [1.54, 1.807) is 6.92 Å². The Kier molecular flexibility index (Phi) is 5.77. The molecule has 0 bridgehead atoms. The summed E-state index contributed by atoms with van der Waals surface area (Å²) >= 11 is 0. The lowest BCUT2D eigenvalue weighted by Crippen LogP contribution is -2.41. The van der Waals surface area contributed by atoms with E-state index >= 15 is 0 Å². The van der Waals surface area contributed by atoms with E-state index in [0.717, 1.165) is 12.1 Å². The summed E-state index contributed by atoms with van der Waals surface area (Å²) in [4.78, 5) is 60.3. The number of hydrogen-bond acceptors (Lipinski definition) is 4. The van der Waals surface area contributed by atoms with Gasteiger partial charge >= 0.3 is 27.1 Å². The predicted octanol–water partition coefficient (Wildman–Crippen LogP) is 0.474. The minimum absolute atomic E-state index is 0.450. The predicted molar refractivity (Wildman–Crippen MR) is 80.6 cm³/mol. The zero-order chi connectivity index (χ0) is 18.9. The summed E-state index contributed by atoms with van der Waals surface area (Å²) in [5.74, 6) is -4.14. The molecule has 134 valence electrons. The zero-order valence-electron chi connectivity index (χ0n) is 12.3. The van der Waals surface area contributed by atoms with Crippen LogP contribution in [-0.2, 0) is 23.9 Å². The monoisotopic (exact) mass is 382 g/mol. The molecule has 1 rings (SSSR count). The first kappa shape index (κ1) is 20.5. The molecule has 1 aromatic rings. The number of hydrogen-bond donors (Lipinski definition) is 6. The Morgan fingerprint density at radius 2 is 1.50 bits per heavy atom. The molecule has 24 heavy (non-hydrogen) atoms. The number of aliphatic carboxylic acids is 2. The summed E-state index contributed by atoms with van der Waals surface area (Å²) < 4.78 is 23.3. The Morgan fingerprint density at radius 1 is 1.04 bits per heavy atom. The second kappa shape index (κ2) is 6.76. The van der Waals surface area contributed by atoms with Crippen molar-refractivity contribution >= 4 is 27.1 Å². The normalized spacial score (nSPS) is 16.2. The number of aryl methyl sites for hydroxylation is 1. The summed E-state index contributed by atoms with van der Waals surface area (Å²) in [6, 6.07) is 4.83. The van der Waals surface area contributed by atoms with Gasteiger partial charge in [-0.15, -0.1) is 0 Å². The molecule has 0 heterocycles. The van der Waals surface area contributed by atoms with Crippen LogP contribution in [0.2, 0.25) is 0 Å². The summed E-state index contributed by atoms with van der Waals surface area (Å²) in [7, 11) is -10.9. The summed E-state index contributed by atoms with van der Waals surface area (Å²) in [5.41, 5.74) is -2.41. The van der Waals surface area contributed by atoms with Crippen LogP contribution < -0.4 is 0 Å². The van der Waals surface area contributed by atoms with Crippen LogP contribution in [0.15, 0.2) is 24.3 Å². The zero-order valence-corrected chi connectivity index (χ0v) is 14.1. The molecular weight excluding hydrogens is 366 g/mol. The molecule has 0 saturated carbocycles. The van der Waals surface area contributed by atoms with Gasteiger partial charge in [0, 0.05) is 6.42 Å². The second-order valence-electron chi connectivity index (χ2n) is 5.22. The highest BCUT2D eigenvalue weighted by Crippen LogP contribution is 2.62. The molecule has 0 saturated heterocycles. The van der Waals surface area contributed by atoms with Gasteiger partial charge in [-0.2, -0.15) is 0 Å². The van der Waals surface area contributed by atoms with Crippen molar-refractivity contribution in [2.45, 2.75) is 24.2 Å². The van der Waals surface area contributed by atoms with Crippen LogP contribution in [0.4, 0.5) is 0 Å². The van der Waals surface area contributed by atoms with Crippen LogP contribution in [0.25, 0.3) is 0 Å². The van der Waals surface area contributed by atoms with Gasteiger partial charge in [0.05, 0.1) is 0 Å². The van der Waals surface area contributed by atoms with Gasteiger partial charge in [0.15, 0.2) is 10.8 Å². The van der Waals surface area contributed by atoms with Gasteiger partial charge in [-0.1, -0.05) is 29.8 Å². The summed E-state index contributed by atoms with van der Waals surface area (Å²) in [5, 5.41) is 15.3. The smallest absolute Gasteiger partial charge is 0.347 e. The highest BCUT2D eigenvalue weighted by molar-refractivity contribution is 7.55. The van der Waals surface area contributed by atoms with Crippen LogP contribution >= 0.6 is 15.2 Å². The fourth-order valence-corrected chi connectivity index (χ4v) is 4.30. The average molecular weight is 382 g/mol. The maximum atomic E-state index is 11.9. The van der Waals surface area contributed by atoms with E-state index in [4.69, 9.17) is 14.9 Å². The fraction of sp³-hybridized carbons (Fsp3) is 0.333. The highest BCUT2D eigenvalue weighted by Gasteiger charge is 2.59. The maximum absolute atomic E-state index is 11.9. The molecule has 0 spiro atoms. The van der Waals surface area contributed by atoms with Crippen molar-refractivity contribution in [1.29, 1.82) is 0 Å². The van der Waals surface area contributed by atoms with E-state index in [1.807, 2.05) is 0 Å². The first-order valence-corrected chi connectivity index (χ1v) is 9.67. The quantitative estimate of drug-likeness (QED) is 0.362. The lowest BCUT2D eigenvalue weighted by atomic mass is 9.92. The third kappa shape index (κ3) is 3.92. The van der Waals surface area contributed by atoms with Crippen molar-refractivity contribution in [3.8, 4) is 0 Å². The minimum atomic E-state index is -5.57. The second-order valence-corrected chi connectivity index (χ2v) is 8.88. The van der Waals surface area contributed by atoms with Gasteiger partial charge in [-0.25, -0.2) is 0 Å². The molecule has 0 fully saturated rings. The van der Waals surface area contributed by atoms with Crippen LogP contribution in [0.5, 0.6) is 0 Å². The molecule has 0 radical (unpaired) electrons. The van der Waals surface area contributed by atoms with E-state index in [-0.39, 0.29) is 0 Å². The van der Waals surface area contributed by atoms with E-state index in [2.05, 4.69) is 0 Å². The Morgan fingerprint density at radius 3 is 1.79 bits per heavy atom. The SMILES string of the molecule is Cc1ccc(C(CC(C(=O)O)P(=O)(O)O)(C(=O)O)P(=O)(O)O)cc1. The van der Waals surface area contributed by atoms with Crippen molar-refractivity contribution in [1.82, 2.24) is 0 Å². The minimum Gasteiger partial charge on any atom is -0.481 e. The van der Waals surface area contributed by atoms with E-state index < -0.39 is 49.9 Å². The van der Waals surface area contributed by atoms with Crippen molar-refractivity contribution in [2.75, 3.05) is 0 Å². The third-order valence-corrected chi connectivity index (χ3v) is 6.40. The van der Waals surface area contributed by atoms with E-state index in [0.29, 0.717) is 5.56 Å². The number of rotatable bonds is 7. The molecule has 1 aromatic carbocycles. The molecule has 2 unspecified atom stereocenters. The van der Waals surface area contributed by atoms with Gasteiger partial charge < -0.3 is 29.8 Å². The van der Waals surface area contributed by atoms with E-state index in [1.165, 1.54) is 12.1 Å². The Labute approximate surface area is 136 Å². The number of benzene rings is 1. The van der Waals surface area contributed by atoms with Crippen molar-refractivity contribution < 1.29 is 48.5 Å². The summed E-state index contributed by atoms with van der Waals surface area (Å²) in [6.45, 7) is 1.62. The van der Waals surface area contributed by atoms with Crippen molar-refractivity contribution in [3.05, 3.63) is 35.4 Å². The lowest BCUT2D eigenvalue weighted by Gasteiger charge is -2.32. The third-order valence-electron chi connectivity index (χ3n) is 3.56. The Hall–Kier alpha value is -1.54. The first-order chi connectivity index (χ1) is 10.7. The molecule has 0 aromatic heterocycles. The lowest BCUT2D eigenvalue weighted by molar-refractivity contribution is -0.142. The standard InChI is InChI=1S/C12H16O10P2/c1-7-2-4-8(5-3-7)12(11(15)16,24(20,21)22)6-9(10(13)14)23(17,18)19/h2-5,9H,6H2,1H3,(H,13,14)(H,15,16)(H2,17,18,19)(H2,20,21,22). The first-order valence-electron chi connectivity index (χ1n) is 6.37. The largest absolute Gasteiger partial charge is 0.481 e. The van der Waals surface area contributed by atoms with Gasteiger partial charge in [-0.05, 0) is 12.5 Å². The number of carbonyl (C=O) groups is 2. The van der Waals surface area contributed by atoms with E-state index in [9.17, 15) is 33.6 Å². The van der Waals surface area contributed by atoms with Crippen LogP contribution in [0, 0.1) is 6.92 Å². The van der Waals surface area contributed by atoms with Crippen LogP contribution in [-0.4, -0.2) is 47.4 Å². The molecule has 0 aliphatic heterocycles. The molecule has 6 N–H and O–H groups in total. The van der Waals surface area contributed by atoms with Gasteiger partial charge in [0.2, 0.25) is 0 Å².